The number of pyridine rings is 1. The van der Waals surface area contributed by atoms with Crippen molar-refractivity contribution in [3.05, 3.63) is 157 Å². The van der Waals surface area contributed by atoms with Gasteiger partial charge in [0.2, 0.25) is 0 Å². The summed E-state index contributed by atoms with van der Waals surface area (Å²) in [5.74, 6) is 0. The lowest BCUT2D eigenvalue weighted by atomic mass is 10.0. The van der Waals surface area contributed by atoms with Crippen LogP contribution in [0.2, 0.25) is 0 Å². The molecule has 0 saturated carbocycles. The highest BCUT2D eigenvalue weighted by Crippen LogP contribution is 2.54. The van der Waals surface area contributed by atoms with Gasteiger partial charge in [0.15, 0.2) is 10.2 Å². The highest BCUT2D eigenvalue weighted by atomic mass is 32.1. The van der Waals surface area contributed by atoms with Crippen molar-refractivity contribution >= 4 is 69.3 Å². The average molecular weight is 647 g/mol. The molecule has 0 fully saturated rings. The minimum atomic E-state index is -2.16. The molecule has 0 aliphatic rings. The highest BCUT2D eigenvalue weighted by molar-refractivity contribution is 7.95. The summed E-state index contributed by atoms with van der Waals surface area (Å²) < 4.78 is 0. The number of hydrazone groups is 2. The molecule has 0 amide bonds. The number of hydrogen-bond acceptors (Lipinski definition) is 5. The zero-order chi connectivity index (χ0) is 31.3. The van der Waals surface area contributed by atoms with Crippen LogP contribution in [-0.4, -0.2) is 40.0 Å². The molecule has 10 heteroatoms. The van der Waals surface area contributed by atoms with E-state index in [1.54, 1.807) is 13.2 Å². The predicted molar refractivity (Wildman–Crippen MR) is 197 cm³/mol. The molecule has 0 bridgehead atoms. The molecule has 7 nitrogen and oxygen atoms in total. The van der Waals surface area contributed by atoms with Crippen molar-refractivity contribution in [3.8, 4) is 0 Å². The van der Waals surface area contributed by atoms with Crippen molar-refractivity contribution in [1.29, 1.82) is 0 Å². The Morgan fingerprint density at radius 2 is 1.07 bits per heavy atom. The minimum absolute atomic E-state index is 0.365. The van der Waals surface area contributed by atoms with Crippen molar-refractivity contribution in [2.45, 2.75) is 0 Å². The maximum Gasteiger partial charge on any atom is 0.189 e. The number of nitrogens with zero attached hydrogens (tertiary/aromatic N) is 3. The van der Waals surface area contributed by atoms with Gasteiger partial charge >= 0.3 is 0 Å². The van der Waals surface area contributed by atoms with E-state index in [2.05, 4.69) is 104 Å². The van der Waals surface area contributed by atoms with Gasteiger partial charge < -0.3 is 10.6 Å². The summed E-state index contributed by atoms with van der Waals surface area (Å²) in [7, 11) is -0.429. The van der Waals surface area contributed by atoms with Crippen LogP contribution in [0.25, 0.3) is 0 Å². The maximum atomic E-state index is 5.86. The quantitative estimate of drug-likeness (QED) is 0.0758. The van der Waals surface area contributed by atoms with Crippen molar-refractivity contribution in [2.24, 2.45) is 10.2 Å². The van der Waals surface area contributed by atoms with E-state index in [-0.39, 0.29) is 0 Å². The van der Waals surface area contributed by atoms with Crippen LogP contribution in [0.15, 0.2) is 156 Å². The van der Waals surface area contributed by atoms with Gasteiger partial charge in [-0.3, -0.25) is 15.8 Å². The lowest BCUT2D eigenvalue weighted by Crippen LogP contribution is -2.42. The van der Waals surface area contributed by atoms with Gasteiger partial charge in [0.1, 0.15) is 40.9 Å². The standard InChI is InChI=1S/C35H32N7PS2/c1-36-34(44)41-40-33(31-24-14-15-25-37-31)32(27-16-6-2-7-17-27)39-42-35(45)38-26-43(28-18-8-3-9-19-28,29-20-10-4-11-21-29)30-22-12-5-13-23-30/h2-25H,26H2,1H3,(H3-,36,37,38,39,40,41,42,44,45)/p+1. The zero-order valence-electron chi connectivity index (χ0n) is 24.7. The number of rotatable bonds is 10. The van der Waals surface area contributed by atoms with Crippen molar-refractivity contribution in [1.82, 2.24) is 26.5 Å². The first kappa shape index (κ1) is 31.6. The lowest BCUT2D eigenvalue weighted by Gasteiger charge is -2.28. The molecule has 0 aliphatic carbocycles. The Hall–Kier alpha value is -4.82. The summed E-state index contributed by atoms with van der Waals surface area (Å²) in [6, 6.07) is 47.3. The molecule has 5 aromatic rings. The third kappa shape index (κ3) is 7.83. The number of aromatic nitrogens is 1. The second-order valence-electron chi connectivity index (χ2n) is 9.78. The summed E-state index contributed by atoms with van der Waals surface area (Å²) >= 11 is 11.1. The van der Waals surface area contributed by atoms with Gasteiger partial charge in [0, 0.05) is 18.8 Å². The van der Waals surface area contributed by atoms with Crippen molar-refractivity contribution in [2.75, 3.05) is 13.3 Å². The first-order valence-corrected chi connectivity index (χ1v) is 17.1. The van der Waals surface area contributed by atoms with Crippen LogP contribution < -0.4 is 37.4 Å². The molecule has 4 N–H and O–H groups in total. The Morgan fingerprint density at radius 1 is 0.600 bits per heavy atom. The van der Waals surface area contributed by atoms with Crippen LogP contribution in [0.1, 0.15) is 11.3 Å². The van der Waals surface area contributed by atoms with Gasteiger partial charge in [-0.05, 0) is 73.0 Å². The van der Waals surface area contributed by atoms with E-state index >= 15 is 0 Å². The monoisotopic (exact) mass is 646 g/mol. The molecule has 1 aromatic heterocycles. The number of thiocarbonyl (C=S) groups is 2. The normalized spacial score (nSPS) is 11.8. The molecule has 4 aromatic carbocycles. The van der Waals surface area contributed by atoms with E-state index in [9.17, 15) is 0 Å². The molecule has 224 valence electrons. The predicted octanol–water partition coefficient (Wildman–Crippen LogP) is 4.70. The zero-order valence-corrected chi connectivity index (χ0v) is 27.2. The molecule has 0 unspecified atom stereocenters. The van der Waals surface area contributed by atoms with Crippen LogP contribution >= 0.6 is 31.7 Å². The molecule has 0 atom stereocenters. The van der Waals surface area contributed by atoms with Gasteiger partial charge in [0.05, 0.1) is 5.69 Å². The van der Waals surface area contributed by atoms with Crippen LogP contribution in [0.5, 0.6) is 0 Å². The van der Waals surface area contributed by atoms with E-state index in [1.807, 2.05) is 66.7 Å². The number of benzene rings is 4. The third-order valence-corrected chi connectivity index (χ3v) is 11.7. The molecule has 5 rings (SSSR count). The SMILES string of the molecule is CNC(=S)NN=C(C(=NNC(=S)NC[P+](c1ccccc1)(c1ccccc1)c1ccccc1)c1ccccc1)c1ccccn1. The molecule has 0 radical (unpaired) electrons. The topological polar surface area (TPSA) is 85.7 Å². The van der Waals surface area contributed by atoms with Crippen LogP contribution in [-0.2, 0) is 0 Å². The Labute approximate surface area is 275 Å². The second-order valence-corrected chi connectivity index (χ2v) is 14.1. The Bertz CT molecular complexity index is 1660. The number of hydrogen-bond donors (Lipinski definition) is 4. The maximum absolute atomic E-state index is 5.86. The van der Waals surface area contributed by atoms with Gasteiger partial charge in [-0.15, -0.1) is 0 Å². The summed E-state index contributed by atoms with van der Waals surface area (Å²) in [4.78, 5) is 4.54. The summed E-state index contributed by atoms with van der Waals surface area (Å²) in [6.45, 7) is 0. The van der Waals surface area contributed by atoms with Gasteiger partial charge in [-0.2, -0.15) is 10.2 Å². The first-order chi connectivity index (χ1) is 22.1. The third-order valence-electron chi connectivity index (χ3n) is 7.01. The Kier molecular flexibility index (Phi) is 11.1. The largest absolute Gasteiger partial charge is 0.364 e. The van der Waals surface area contributed by atoms with Gasteiger partial charge in [-0.1, -0.05) is 91.0 Å². The lowest BCUT2D eigenvalue weighted by molar-refractivity contribution is 0.957. The smallest absolute Gasteiger partial charge is 0.189 e. The highest BCUT2D eigenvalue weighted by Gasteiger charge is 2.45. The first-order valence-electron chi connectivity index (χ1n) is 14.3. The van der Waals surface area contributed by atoms with Crippen molar-refractivity contribution < 1.29 is 0 Å². The van der Waals surface area contributed by atoms with E-state index in [4.69, 9.17) is 29.5 Å². The Balaban J connectivity index is 1.51. The summed E-state index contributed by atoms with van der Waals surface area (Å²) in [5.41, 5.74) is 8.47. The summed E-state index contributed by atoms with van der Waals surface area (Å²) in [6.07, 6.45) is 2.30. The van der Waals surface area contributed by atoms with E-state index in [0.717, 1.165) is 5.56 Å². The van der Waals surface area contributed by atoms with E-state index in [0.29, 0.717) is 33.6 Å². The molecule has 45 heavy (non-hydrogen) atoms. The van der Waals surface area contributed by atoms with E-state index < -0.39 is 7.26 Å². The van der Waals surface area contributed by atoms with Crippen LogP contribution in [0, 0.1) is 0 Å². The van der Waals surface area contributed by atoms with Crippen LogP contribution in [0.4, 0.5) is 0 Å². The van der Waals surface area contributed by atoms with Crippen LogP contribution in [0.3, 0.4) is 0 Å². The van der Waals surface area contributed by atoms with Gasteiger partial charge in [-0.25, -0.2) is 0 Å². The average Bonchev–Trinajstić information content (AvgIpc) is 3.12. The molecular weight excluding hydrogens is 614 g/mol. The Morgan fingerprint density at radius 3 is 1.56 bits per heavy atom. The van der Waals surface area contributed by atoms with Crippen molar-refractivity contribution in [3.63, 3.8) is 0 Å². The van der Waals surface area contributed by atoms with E-state index in [1.165, 1.54) is 15.9 Å². The van der Waals surface area contributed by atoms with Gasteiger partial charge in [0.25, 0.3) is 0 Å². The fourth-order valence-electron chi connectivity index (χ4n) is 4.85. The molecule has 0 aliphatic heterocycles. The minimum Gasteiger partial charge on any atom is -0.364 e. The molecule has 0 spiro atoms. The summed E-state index contributed by atoms with van der Waals surface area (Å²) in [5, 5.41) is 20.3. The number of nitrogens with one attached hydrogen (secondary N) is 4. The molecule has 0 saturated heterocycles. The fourth-order valence-corrected chi connectivity index (χ4v) is 9.00. The second kappa shape index (κ2) is 15.8. The molecular formula is C35H33N7PS2+. The molecule has 1 heterocycles. The fraction of sp³-hybridized carbons (Fsp3) is 0.0571.